The Balaban J connectivity index is 2.60. The van der Waals surface area contributed by atoms with Gasteiger partial charge in [0, 0.05) is 10.5 Å². The monoisotopic (exact) mass is 284 g/mol. The van der Waals surface area contributed by atoms with Gasteiger partial charge in [0.1, 0.15) is 0 Å². The molecule has 0 bridgehead atoms. The molecule has 0 saturated carbocycles. The van der Waals surface area contributed by atoms with Gasteiger partial charge in [-0.2, -0.15) is 0 Å². The minimum atomic E-state index is -0.0122. The maximum atomic E-state index is 9.90. The molecule has 5 nitrogen and oxygen atoms in total. The van der Waals surface area contributed by atoms with Gasteiger partial charge in [0.05, 0.1) is 12.7 Å². The van der Waals surface area contributed by atoms with E-state index >= 15 is 0 Å². The van der Waals surface area contributed by atoms with Gasteiger partial charge in [-0.1, -0.05) is 21.1 Å². The van der Waals surface area contributed by atoms with Gasteiger partial charge in [-0.15, -0.1) is 0 Å². The molecular formula is C10H9BrN2O3. The molecular weight excluding hydrogens is 276 g/mol. The highest BCUT2D eigenvalue weighted by molar-refractivity contribution is 9.10. The number of halogens is 1. The lowest BCUT2D eigenvalue weighted by molar-refractivity contribution is 0.371. The van der Waals surface area contributed by atoms with Crippen LogP contribution in [-0.2, 0) is 0 Å². The lowest BCUT2D eigenvalue weighted by Gasteiger charge is -2.07. The molecule has 0 aliphatic rings. The van der Waals surface area contributed by atoms with Crippen LogP contribution in [0, 0.1) is 0 Å². The van der Waals surface area contributed by atoms with E-state index in [0.717, 1.165) is 4.47 Å². The van der Waals surface area contributed by atoms with Crippen molar-refractivity contribution in [2.75, 3.05) is 12.8 Å². The number of aromatic hydroxyl groups is 1. The number of nitrogens with two attached hydrogens (primary N) is 1. The lowest BCUT2D eigenvalue weighted by Crippen LogP contribution is -1.86. The fourth-order valence-electron chi connectivity index (χ4n) is 1.33. The molecule has 0 radical (unpaired) electrons. The van der Waals surface area contributed by atoms with E-state index in [2.05, 4.69) is 21.1 Å². The molecule has 6 heteroatoms. The van der Waals surface area contributed by atoms with E-state index in [1.807, 2.05) is 0 Å². The van der Waals surface area contributed by atoms with Gasteiger partial charge in [0.2, 0.25) is 0 Å². The number of phenolic OH excluding ortho intramolecular Hbond substituents is 1. The minimum Gasteiger partial charge on any atom is -0.504 e. The molecule has 0 spiro atoms. The van der Waals surface area contributed by atoms with E-state index in [9.17, 15) is 5.11 Å². The number of hydrogen-bond acceptors (Lipinski definition) is 5. The molecule has 0 saturated heterocycles. The number of nitrogen functional groups attached to an aromatic ring is 1. The topological polar surface area (TPSA) is 81.5 Å². The zero-order chi connectivity index (χ0) is 11.7. The van der Waals surface area contributed by atoms with Gasteiger partial charge < -0.3 is 20.1 Å². The molecule has 0 fully saturated rings. The fourth-order valence-corrected chi connectivity index (χ4v) is 1.77. The smallest absolute Gasteiger partial charge is 0.172 e. The van der Waals surface area contributed by atoms with Crippen LogP contribution in [0.25, 0.3) is 11.3 Å². The number of hydrogen-bond donors (Lipinski definition) is 2. The first-order chi connectivity index (χ1) is 7.61. The first-order valence-corrected chi connectivity index (χ1v) is 5.20. The fraction of sp³-hybridized carbons (Fsp3) is 0.100. The summed E-state index contributed by atoms with van der Waals surface area (Å²) >= 11 is 3.31. The number of anilines is 1. The first-order valence-electron chi connectivity index (χ1n) is 4.41. The van der Waals surface area contributed by atoms with E-state index in [0.29, 0.717) is 17.1 Å². The summed E-state index contributed by atoms with van der Waals surface area (Å²) in [6.07, 6.45) is 0. The summed E-state index contributed by atoms with van der Waals surface area (Å²) in [6, 6.07) is 4.87. The van der Waals surface area contributed by atoms with Crippen LogP contribution in [0.3, 0.4) is 0 Å². The third-order valence-corrected chi connectivity index (χ3v) is 2.51. The predicted octanol–water partition coefficient (Wildman–Crippen LogP) is 2.40. The van der Waals surface area contributed by atoms with Crippen molar-refractivity contribution in [3.63, 3.8) is 0 Å². The molecule has 0 aliphatic heterocycles. The molecule has 0 aliphatic carbocycles. The highest BCUT2D eigenvalue weighted by atomic mass is 79.9. The van der Waals surface area contributed by atoms with E-state index in [1.54, 1.807) is 12.1 Å². The van der Waals surface area contributed by atoms with Crippen molar-refractivity contribution >= 4 is 21.7 Å². The van der Waals surface area contributed by atoms with Crippen LogP contribution in [0.5, 0.6) is 11.5 Å². The van der Waals surface area contributed by atoms with Crippen molar-refractivity contribution in [2.24, 2.45) is 0 Å². The third kappa shape index (κ3) is 1.83. The van der Waals surface area contributed by atoms with Gasteiger partial charge >= 0.3 is 0 Å². The maximum absolute atomic E-state index is 9.90. The molecule has 2 aromatic rings. The van der Waals surface area contributed by atoms with Crippen LogP contribution in [0.15, 0.2) is 27.2 Å². The Bertz CT molecular complexity index is 525. The second kappa shape index (κ2) is 4.05. The zero-order valence-electron chi connectivity index (χ0n) is 8.40. The standard InChI is InChI=1S/C10H9BrN2O3/c1-15-8-3-5(11)2-6(10(8)14)7-4-9(12)13-16-7/h2-4,14H,1H3,(H2,12,13). The third-order valence-electron chi connectivity index (χ3n) is 2.05. The van der Waals surface area contributed by atoms with Crippen molar-refractivity contribution in [1.29, 1.82) is 0 Å². The molecule has 0 amide bonds. The van der Waals surface area contributed by atoms with Crippen molar-refractivity contribution in [2.45, 2.75) is 0 Å². The summed E-state index contributed by atoms with van der Waals surface area (Å²) in [4.78, 5) is 0. The van der Waals surface area contributed by atoms with Gasteiger partial charge in [0.25, 0.3) is 0 Å². The van der Waals surface area contributed by atoms with E-state index in [-0.39, 0.29) is 11.6 Å². The predicted molar refractivity (Wildman–Crippen MR) is 62.3 cm³/mol. The van der Waals surface area contributed by atoms with Gasteiger partial charge in [-0.3, -0.25) is 0 Å². The van der Waals surface area contributed by atoms with E-state index in [4.69, 9.17) is 15.0 Å². The Morgan fingerprint density at radius 1 is 1.44 bits per heavy atom. The summed E-state index contributed by atoms with van der Waals surface area (Å²) < 4.78 is 10.8. The number of benzene rings is 1. The Morgan fingerprint density at radius 3 is 2.75 bits per heavy atom. The van der Waals surface area contributed by atoms with Crippen LogP contribution in [0.2, 0.25) is 0 Å². The van der Waals surface area contributed by atoms with Gasteiger partial charge in [0.15, 0.2) is 23.1 Å². The molecule has 1 heterocycles. The average molecular weight is 285 g/mol. The minimum absolute atomic E-state index is 0.0122. The lowest BCUT2D eigenvalue weighted by atomic mass is 10.1. The highest BCUT2D eigenvalue weighted by Gasteiger charge is 2.15. The van der Waals surface area contributed by atoms with Crippen LogP contribution >= 0.6 is 15.9 Å². The average Bonchev–Trinajstić information content (AvgIpc) is 2.67. The SMILES string of the molecule is COc1cc(Br)cc(-c2cc(N)no2)c1O. The van der Waals surface area contributed by atoms with Gasteiger partial charge in [-0.25, -0.2) is 0 Å². The van der Waals surface area contributed by atoms with Gasteiger partial charge in [-0.05, 0) is 12.1 Å². The first kappa shape index (κ1) is 10.8. The Hall–Kier alpha value is -1.69. The number of ether oxygens (including phenoxy) is 1. The second-order valence-corrected chi connectivity index (χ2v) is 4.04. The number of nitrogens with zero attached hydrogens (tertiary/aromatic N) is 1. The van der Waals surface area contributed by atoms with E-state index < -0.39 is 0 Å². The molecule has 1 aromatic carbocycles. The Labute approximate surface area is 99.9 Å². The normalized spacial score (nSPS) is 10.4. The largest absolute Gasteiger partial charge is 0.504 e. The maximum Gasteiger partial charge on any atom is 0.172 e. The molecule has 84 valence electrons. The highest BCUT2D eigenvalue weighted by Crippen LogP contribution is 2.40. The summed E-state index contributed by atoms with van der Waals surface area (Å²) in [6.45, 7) is 0. The number of methoxy groups -OCH3 is 1. The summed E-state index contributed by atoms with van der Waals surface area (Å²) in [5, 5.41) is 13.5. The summed E-state index contributed by atoms with van der Waals surface area (Å²) in [7, 11) is 1.47. The van der Waals surface area contributed by atoms with Crippen molar-refractivity contribution in [3.8, 4) is 22.8 Å². The molecule has 3 N–H and O–H groups in total. The molecule has 0 unspecified atom stereocenters. The quantitative estimate of drug-likeness (QED) is 0.885. The van der Waals surface area contributed by atoms with Crippen LogP contribution in [0.1, 0.15) is 0 Å². The molecule has 0 atom stereocenters. The van der Waals surface area contributed by atoms with Crippen molar-refractivity contribution in [1.82, 2.24) is 5.16 Å². The Morgan fingerprint density at radius 2 is 2.19 bits per heavy atom. The van der Waals surface area contributed by atoms with Crippen molar-refractivity contribution < 1.29 is 14.4 Å². The van der Waals surface area contributed by atoms with Crippen LogP contribution < -0.4 is 10.5 Å². The number of aromatic nitrogens is 1. The summed E-state index contributed by atoms with van der Waals surface area (Å²) in [5.74, 6) is 0.976. The van der Waals surface area contributed by atoms with Crippen LogP contribution in [-0.4, -0.2) is 17.4 Å². The molecule has 16 heavy (non-hydrogen) atoms. The van der Waals surface area contributed by atoms with Crippen molar-refractivity contribution in [3.05, 3.63) is 22.7 Å². The molecule has 1 aromatic heterocycles. The summed E-state index contributed by atoms with van der Waals surface area (Å²) in [5.41, 5.74) is 5.91. The number of rotatable bonds is 2. The second-order valence-electron chi connectivity index (χ2n) is 3.12. The molecule has 2 rings (SSSR count). The number of phenols is 1. The van der Waals surface area contributed by atoms with Crippen LogP contribution in [0.4, 0.5) is 5.82 Å². The zero-order valence-corrected chi connectivity index (χ0v) is 9.98. The van der Waals surface area contributed by atoms with E-state index in [1.165, 1.54) is 13.2 Å². The Kier molecular flexibility index (Phi) is 2.74.